The van der Waals surface area contributed by atoms with E-state index in [2.05, 4.69) is 31.9 Å². The third-order valence-electron chi connectivity index (χ3n) is 1.88. The van der Waals surface area contributed by atoms with Crippen LogP contribution in [0.2, 0.25) is 0 Å². The van der Waals surface area contributed by atoms with Crippen LogP contribution in [0, 0.1) is 0 Å². The summed E-state index contributed by atoms with van der Waals surface area (Å²) in [5.74, 6) is 0.00158. The molecular formula is C10H9Br2FO. The Morgan fingerprint density at radius 1 is 1.57 bits per heavy atom. The molecule has 4 heteroatoms. The Bertz CT molecular complexity index is 352. The van der Waals surface area contributed by atoms with E-state index in [1.54, 1.807) is 18.2 Å². The molecule has 0 radical (unpaired) electrons. The van der Waals surface area contributed by atoms with Crippen molar-refractivity contribution in [2.75, 3.05) is 0 Å². The van der Waals surface area contributed by atoms with E-state index in [4.69, 9.17) is 0 Å². The maximum atomic E-state index is 12.5. The first-order valence-corrected chi connectivity index (χ1v) is 5.76. The van der Waals surface area contributed by atoms with Crippen molar-refractivity contribution < 1.29 is 9.18 Å². The Kier molecular flexibility index (Phi) is 4.26. The molecule has 0 aliphatic rings. The molecule has 0 saturated heterocycles. The largest absolute Gasteiger partial charge is 0.298 e. The highest BCUT2D eigenvalue weighted by Gasteiger charge is 2.16. The lowest BCUT2D eigenvalue weighted by atomic mass is 10.1. The molecule has 1 unspecified atom stereocenters. The maximum absolute atomic E-state index is 12.5. The van der Waals surface area contributed by atoms with Gasteiger partial charge in [-0.15, -0.1) is 0 Å². The molecule has 0 fully saturated rings. The van der Waals surface area contributed by atoms with Crippen LogP contribution in [-0.4, -0.2) is 5.78 Å². The van der Waals surface area contributed by atoms with Gasteiger partial charge in [-0.05, 0) is 18.1 Å². The third kappa shape index (κ3) is 2.42. The number of benzene rings is 1. The number of ketones is 1. The second kappa shape index (κ2) is 5.03. The van der Waals surface area contributed by atoms with Crippen LogP contribution >= 0.6 is 31.9 Å². The van der Waals surface area contributed by atoms with E-state index >= 15 is 0 Å². The first-order valence-electron chi connectivity index (χ1n) is 4.05. The van der Waals surface area contributed by atoms with Crippen LogP contribution in [0.15, 0.2) is 22.7 Å². The minimum atomic E-state index is -0.536. The van der Waals surface area contributed by atoms with Gasteiger partial charge in [0.15, 0.2) is 0 Å². The fourth-order valence-corrected chi connectivity index (χ4v) is 2.41. The zero-order valence-electron chi connectivity index (χ0n) is 7.56. The lowest BCUT2D eigenvalue weighted by Gasteiger charge is -2.10. The topological polar surface area (TPSA) is 17.1 Å². The number of Topliss-reactive ketones (excluding diaryl/α,β-unsaturated/α-hetero) is 1. The standard InChI is InChI=1S/C10H9Br2FO/c1-6(14)9(11)8-4-2-3-7(5-13)10(8)12/h2-4,9H,5H2,1H3. The van der Waals surface area contributed by atoms with Gasteiger partial charge in [0, 0.05) is 4.47 Å². The molecule has 1 aromatic rings. The zero-order chi connectivity index (χ0) is 10.7. The van der Waals surface area contributed by atoms with Gasteiger partial charge in [0.05, 0.1) is 4.83 Å². The van der Waals surface area contributed by atoms with E-state index in [0.29, 0.717) is 10.0 Å². The molecule has 1 atom stereocenters. The second-order valence-electron chi connectivity index (χ2n) is 2.93. The lowest BCUT2D eigenvalue weighted by Crippen LogP contribution is -2.02. The summed E-state index contributed by atoms with van der Waals surface area (Å²) in [7, 11) is 0. The highest BCUT2D eigenvalue weighted by atomic mass is 79.9. The fourth-order valence-electron chi connectivity index (χ4n) is 1.12. The van der Waals surface area contributed by atoms with Gasteiger partial charge in [0.1, 0.15) is 12.5 Å². The van der Waals surface area contributed by atoms with Crippen LogP contribution < -0.4 is 0 Å². The molecule has 0 saturated carbocycles. The first-order chi connectivity index (χ1) is 6.57. The molecule has 14 heavy (non-hydrogen) atoms. The molecule has 1 nitrogen and oxygen atoms in total. The molecule has 1 aromatic carbocycles. The van der Waals surface area contributed by atoms with E-state index in [-0.39, 0.29) is 10.6 Å². The predicted molar refractivity (Wildman–Crippen MR) is 61.3 cm³/mol. The van der Waals surface area contributed by atoms with Crippen molar-refractivity contribution in [2.45, 2.75) is 18.4 Å². The van der Waals surface area contributed by atoms with E-state index in [1.165, 1.54) is 6.92 Å². The molecule has 0 N–H and O–H groups in total. The van der Waals surface area contributed by atoms with Crippen LogP contribution in [0.5, 0.6) is 0 Å². The Morgan fingerprint density at radius 3 is 2.71 bits per heavy atom. The van der Waals surface area contributed by atoms with Gasteiger partial charge in [-0.25, -0.2) is 4.39 Å². The molecule has 0 bridgehead atoms. The summed E-state index contributed by atoms with van der Waals surface area (Å²) in [5.41, 5.74) is 1.33. The van der Waals surface area contributed by atoms with Crippen molar-refractivity contribution in [3.8, 4) is 0 Å². The summed E-state index contributed by atoms with van der Waals surface area (Å²) in [4.78, 5) is 10.8. The van der Waals surface area contributed by atoms with Crippen molar-refractivity contribution in [2.24, 2.45) is 0 Å². The number of alkyl halides is 2. The number of halogens is 3. The Morgan fingerprint density at radius 2 is 2.21 bits per heavy atom. The lowest BCUT2D eigenvalue weighted by molar-refractivity contribution is -0.116. The molecule has 0 heterocycles. The molecule has 76 valence electrons. The summed E-state index contributed by atoms with van der Waals surface area (Å²) in [6.45, 7) is 0.958. The zero-order valence-corrected chi connectivity index (χ0v) is 10.7. The molecule has 0 aliphatic heterocycles. The van der Waals surface area contributed by atoms with Crippen LogP contribution in [0.3, 0.4) is 0 Å². The SMILES string of the molecule is CC(=O)C(Br)c1cccc(CF)c1Br. The Balaban J connectivity index is 3.15. The van der Waals surface area contributed by atoms with Gasteiger partial charge < -0.3 is 0 Å². The van der Waals surface area contributed by atoms with Gasteiger partial charge >= 0.3 is 0 Å². The number of rotatable bonds is 3. The van der Waals surface area contributed by atoms with Gasteiger partial charge in [-0.2, -0.15) is 0 Å². The number of carbonyl (C=O) groups is 1. The fraction of sp³-hybridized carbons (Fsp3) is 0.300. The number of hydrogen-bond acceptors (Lipinski definition) is 1. The second-order valence-corrected chi connectivity index (χ2v) is 4.64. The highest BCUT2D eigenvalue weighted by Crippen LogP contribution is 2.32. The number of hydrogen-bond donors (Lipinski definition) is 0. The van der Waals surface area contributed by atoms with Crippen LogP contribution in [0.1, 0.15) is 22.9 Å². The Hall–Kier alpha value is -0.220. The van der Waals surface area contributed by atoms with E-state index < -0.39 is 6.67 Å². The summed E-state index contributed by atoms with van der Waals surface area (Å²) < 4.78 is 13.2. The quantitative estimate of drug-likeness (QED) is 0.770. The normalized spacial score (nSPS) is 12.6. The van der Waals surface area contributed by atoms with Crippen LogP contribution in [0.25, 0.3) is 0 Å². The predicted octanol–water partition coefficient (Wildman–Crippen LogP) is 3.94. The number of carbonyl (C=O) groups excluding carboxylic acids is 1. The summed E-state index contributed by atoms with van der Waals surface area (Å²) in [6, 6.07) is 5.23. The maximum Gasteiger partial charge on any atom is 0.147 e. The van der Waals surface area contributed by atoms with Crippen LogP contribution in [-0.2, 0) is 11.5 Å². The van der Waals surface area contributed by atoms with Crippen LogP contribution in [0.4, 0.5) is 4.39 Å². The molecule has 0 spiro atoms. The van der Waals surface area contributed by atoms with Crippen molar-refractivity contribution in [1.82, 2.24) is 0 Å². The van der Waals surface area contributed by atoms with Crippen molar-refractivity contribution in [3.63, 3.8) is 0 Å². The summed E-state index contributed by atoms with van der Waals surface area (Å²) >= 11 is 6.55. The molecular weight excluding hydrogens is 315 g/mol. The van der Waals surface area contributed by atoms with Gasteiger partial charge in [-0.3, -0.25) is 4.79 Å². The third-order valence-corrected chi connectivity index (χ3v) is 3.99. The molecule has 0 amide bonds. The van der Waals surface area contributed by atoms with Gasteiger partial charge in [-0.1, -0.05) is 50.1 Å². The van der Waals surface area contributed by atoms with Crippen molar-refractivity contribution >= 4 is 37.6 Å². The monoisotopic (exact) mass is 322 g/mol. The van der Waals surface area contributed by atoms with E-state index in [0.717, 1.165) is 5.56 Å². The smallest absolute Gasteiger partial charge is 0.147 e. The average molecular weight is 324 g/mol. The molecule has 0 aliphatic carbocycles. The van der Waals surface area contributed by atoms with E-state index in [9.17, 15) is 9.18 Å². The van der Waals surface area contributed by atoms with Gasteiger partial charge in [0.25, 0.3) is 0 Å². The first kappa shape index (κ1) is 11.9. The summed E-state index contributed by atoms with van der Waals surface area (Å²) in [5, 5.41) is 0. The molecule has 0 aromatic heterocycles. The van der Waals surface area contributed by atoms with Crippen molar-refractivity contribution in [1.29, 1.82) is 0 Å². The summed E-state index contributed by atoms with van der Waals surface area (Å²) in [6.07, 6.45) is 0. The Labute approximate surface area is 99.0 Å². The van der Waals surface area contributed by atoms with E-state index in [1.807, 2.05) is 0 Å². The van der Waals surface area contributed by atoms with Crippen molar-refractivity contribution in [3.05, 3.63) is 33.8 Å². The van der Waals surface area contributed by atoms with Gasteiger partial charge in [0.2, 0.25) is 0 Å². The minimum absolute atomic E-state index is 0.00158. The minimum Gasteiger partial charge on any atom is -0.298 e. The highest BCUT2D eigenvalue weighted by molar-refractivity contribution is 9.11. The average Bonchev–Trinajstić information content (AvgIpc) is 2.17. The molecule has 1 rings (SSSR count).